The molecule has 0 aliphatic heterocycles. The summed E-state index contributed by atoms with van der Waals surface area (Å²) in [5.74, 6) is 5.62. The van der Waals surface area contributed by atoms with Gasteiger partial charge in [-0.15, -0.1) is 10.2 Å². The van der Waals surface area contributed by atoms with E-state index in [4.69, 9.17) is 10.6 Å². The number of aromatic nitrogens is 3. The number of pyridine rings is 1. The van der Waals surface area contributed by atoms with Gasteiger partial charge < -0.3 is 4.74 Å². The summed E-state index contributed by atoms with van der Waals surface area (Å²) >= 11 is 0. The Labute approximate surface area is 118 Å². The molecule has 21 heavy (non-hydrogen) atoms. The summed E-state index contributed by atoms with van der Waals surface area (Å²) in [5.41, 5.74) is 1.55. The fourth-order valence-electron chi connectivity index (χ4n) is 1.82. The third-order valence-electron chi connectivity index (χ3n) is 2.80. The minimum absolute atomic E-state index is 0.132. The van der Waals surface area contributed by atoms with Gasteiger partial charge in [-0.3, -0.25) is 10.8 Å². The van der Waals surface area contributed by atoms with Crippen molar-refractivity contribution in [1.29, 1.82) is 0 Å². The van der Waals surface area contributed by atoms with E-state index in [1.54, 1.807) is 0 Å². The molecule has 0 aliphatic carbocycles. The van der Waals surface area contributed by atoms with Crippen LogP contribution in [0.3, 0.4) is 0 Å². The van der Waals surface area contributed by atoms with Crippen molar-refractivity contribution in [2.75, 3.05) is 7.11 Å². The lowest BCUT2D eigenvalue weighted by Crippen LogP contribution is -2.31. The van der Waals surface area contributed by atoms with Crippen molar-refractivity contribution in [2.45, 2.75) is 12.2 Å². The van der Waals surface area contributed by atoms with E-state index in [9.17, 15) is 13.2 Å². The zero-order chi connectivity index (χ0) is 15.5. The normalized spacial score (nSPS) is 13.0. The summed E-state index contributed by atoms with van der Waals surface area (Å²) in [6.07, 6.45) is -2.36. The molecule has 2 aromatic rings. The second-order valence-corrected chi connectivity index (χ2v) is 4.06. The van der Waals surface area contributed by atoms with Crippen LogP contribution in [0.5, 0.6) is 5.88 Å². The van der Waals surface area contributed by atoms with Gasteiger partial charge in [0.05, 0.1) is 24.4 Å². The lowest BCUT2D eigenvalue weighted by atomic mass is 10.00. The van der Waals surface area contributed by atoms with Gasteiger partial charge in [0.25, 0.3) is 0 Å². The minimum atomic E-state index is -4.52. The molecule has 0 spiro atoms. The van der Waals surface area contributed by atoms with Gasteiger partial charge >= 0.3 is 6.18 Å². The van der Waals surface area contributed by atoms with Crippen LogP contribution in [-0.2, 0) is 6.18 Å². The third-order valence-corrected chi connectivity index (χ3v) is 2.80. The predicted molar refractivity (Wildman–Crippen MR) is 67.0 cm³/mol. The van der Waals surface area contributed by atoms with Gasteiger partial charge in [0, 0.05) is 24.0 Å². The predicted octanol–water partition coefficient (Wildman–Crippen LogP) is 1.45. The maximum absolute atomic E-state index is 13.0. The van der Waals surface area contributed by atoms with E-state index < -0.39 is 17.8 Å². The topological polar surface area (TPSA) is 86.0 Å². The summed E-state index contributed by atoms with van der Waals surface area (Å²) in [4.78, 5) is 3.72. The van der Waals surface area contributed by atoms with Crippen molar-refractivity contribution in [3.05, 3.63) is 47.4 Å². The fraction of sp³-hybridized carbons (Fsp3) is 0.250. The first-order valence-electron chi connectivity index (χ1n) is 5.82. The van der Waals surface area contributed by atoms with Crippen molar-refractivity contribution >= 4 is 0 Å². The van der Waals surface area contributed by atoms with E-state index in [1.807, 2.05) is 0 Å². The molecule has 0 saturated carbocycles. The fourth-order valence-corrected chi connectivity index (χ4v) is 1.82. The number of alkyl halides is 3. The van der Waals surface area contributed by atoms with Crippen LogP contribution in [-0.4, -0.2) is 22.3 Å². The van der Waals surface area contributed by atoms with Crippen LogP contribution < -0.4 is 16.0 Å². The number of methoxy groups -OCH3 is 1. The number of nitrogens with two attached hydrogens (primary N) is 1. The maximum atomic E-state index is 13.0. The molecule has 112 valence electrons. The summed E-state index contributed by atoms with van der Waals surface area (Å²) in [7, 11) is 1.41. The van der Waals surface area contributed by atoms with Crippen molar-refractivity contribution in [1.82, 2.24) is 20.6 Å². The monoisotopic (exact) mass is 299 g/mol. The van der Waals surface area contributed by atoms with Gasteiger partial charge in [-0.1, -0.05) is 0 Å². The smallest absolute Gasteiger partial charge is 0.416 e. The van der Waals surface area contributed by atoms with Crippen LogP contribution in [0.4, 0.5) is 13.2 Å². The second kappa shape index (κ2) is 6.02. The zero-order valence-corrected chi connectivity index (χ0v) is 10.9. The average Bonchev–Trinajstić information content (AvgIpc) is 2.48. The molecule has 0 saturated heterocycles. The molecule has 1 atom stereocenters. The van der Waals surface area contributed by atoms with Gasteiger partial charge in [-0.2, -0.15) is 13.2 Å². The molecule has 2 heterocycles. The van der Waals surface area contributed by atoms with Crippen LogP contribution >= 0.6 is 0 Å². The summed E-state index contributed by atoms with van der Waals surface area (Å²) in [6.45, 7) is 0. The van der Waals surface area contributed by atoms with Crippen molar-refractivity contribution < 1.29 is 17.9 Å². The Morgan fingerprint density at radius 2 is 2.00 bits per heavy atom. The second-order valence-electron chi connectivity index (χ2n) is 4.06. The van der Waals surface area contributed by atoms with Crippen LogP contribution in [0.25, 0.3) is 0 Å². The molecule has 1 unspecified atom stereocenters. The Kier molecular flexibility index (Phi) is 4.34. The number of rotatable bonds is 4. The number of nitrogens with one attached hydrogen (secondary N) is 1. The number of halogens is 3. The molecule has 6 nitrogen and oxygen atoms in total. The maximum Gasteiger partial charge on any atom is 0.416 e. The largest absolute Gasteiger partial charge is 0.480 e. The molecule has 0 aromatic carbocycles. The van der Waals surface area contributed by atoms with Gasteiger partial charge in [0.1, 0.15) is 0 Å². The van der Waals surface area contributed by atoms with Crippen LogP contribution in [0.15, 0.2) is 30.6 Å². The number of nitrogens with zero attached hydrogens (tertiary/aromatic N) is 3. The molecule has 3 N–H and O–H groups in total. The van der Waals surface area contributed by atoms with E-state index in [-0.39, 0.29) is 17.1 Å². The zero-order valence-electron chi connectivity index (χ0n) is 10.9. The highest BCUT2D eigenvalue weighted by molar-refractivity contribution is 5.34. The number of ether oxygens (including phenoxy) is 1. The lowest BCUT2D eigenvalue weighted by molar-refractivity contribution is -0.138. The molecule has 0 amide bonds. The summed E-state index contributed by atoms with van der Waals surface area (Å²) in [6, 6.07) is 2.85. The van der Waals surface area contributed by atoms with Crippen LogP contribution in [0.2, 0.25) is 0 Å². The van der Waals surface area contributed by atoms with Crippen LogP contribution in [0.1, 0.15) is 22.9 Å². The van der Waals surface area contributed by atoms with Crippen LogP contribution in [0, 0.1) is 0 Å². The van der Waals surface area contributed by atoms with Gasteiger partial charge in [-0.05, 0) is 12.1 Å². The molecular weight excluding hydrogens is 287 g/mol. The Hall–Kier alpha value is -2.26. The Morgan fingerprint density at radius 3 is 2.52 bits per heavy atom. The van der Waals surface area contributed by atoms with E-state index in [1.165, 1.54) is 19.2 Å². The SMILES string of the molecule is COc1ccc(C(NN)c2cnccc2C(F)(F)F)nn1. The van der Waals surface area contributed by atoms with E-state index in [0.717, 1.165) is 18.5 Å². The number of hydrogen-bond acceptors (Lipinski definition) is 6. The Bertz CT molecular complexity index is 603. The molecular formula is C12H12F3N5O. The van der Waals surface area contributed by atoms with Gasteiger partial charge in [-0.25, -0.2) is 5.43 Å². The Morgan fingerprint density at radius 1 is 1.24 bits per heavy atom. The summed E-state index contributed by atoms with van der Waals surface area (Å²) < 4.78 is 43.9. The molecule has 0 bridgehead atoms. The first-order chi connectivity index (χ1) is 9.97. The lowest BCUT2D eigenvalue weighted by Gasteiger charge is -2.19. The Balaban J connectivity index is 2.46. The highest BCUT2D eigenvalue weighted by Gasteiger charge is 2.35. The van der Waals surface area contributed by atoms with Gasteiger partial charge in [0.2, 0.25) is 5.88 Å². The summed E-state index contributed by atoms with van der Waals surface area (Å²) in [5, 5.41) is 7.52. The van der Waals surface area contributed by atoms with Crippen molar-refractivity contribution in [3.8, 4) is 5.88 Å². The van der Waals surface area contributed by atoms with E-state index >= 15 is 0 Å². The molecule has 0 fully saturated rings. The minimum Gasteiger partial charge on any atom is -0.480 e. The molecule has 2 rings (SSSR count). The first-order valence-corrected chi connectivity index (χ1v) is 5.82. The molecule has 2 aromatic heterocycles. The van der Waals surface area contributed by atoms with E-state index in [2.05, 4.69) is 20.6 Å². The molecule has 0 radical (unpaired) electrons. The molecule has 9 heteroatoms. The average molecular weight is 299 g/mol. The highest BCUT2D eigenvalue weighted by atomic mass is 19.4. The van der Waals surface area contributed by atoms with E-state index in [0.29, 0.717) is 0 Å². The van der Waals surface area contributed by atoms with Crippen molar-refractivity contribution in [3.63, 3.8) is 0 Å². The first kappa shape index (κ1) is 15.1. The highest BCUT2D eigenvalue weighted by Crippen LogP contribution is 2.35. The molecule has 0 aliphatic rings. The third kappa shape index (κ3) is 3.26. The number of hydrazine groups is 1. The number of hydrogen-bond donors (Lipinski definition) is 2. The standard InChI is InChI=1S/C12H12F3N5O/c1-21-10-3-2-9(19-20-10)11(18-16)7-6-17-5-4-8(7)12(13,14)15/h2-6,11,18H,16H2,1H3. The van der Waals surface area contributed by atoms with Crippen molar-refractivity contribution in [2.24, 2.45) is 5.84 Å². The quantitative estimate of drug-likeness (QED) is 0.656. The van der Waals surface area contributed by atoms with Gasteiger partial charge in [0.15, 0.2) is 0 Å².